The smallest absolute Gasteiger partial charge is 0.209 e. The highest BCUT2D eigenvalue weighted by molar-refractivity contribution is 8.00. The molecule has 0 saturated heterocycles. The largest absolute Gasteiger partial charge is 0.239 e. The SMILES string of the molecule is Fc1ccc(F)c(C2CC(F)c3nc(SC4CC4)nn32)c1F. The van der Waals surface area contributed by atoms with Gasteiger partial charge in [0.25, 0.3) is 0 Å². The molecule has 0 radical (unpaired) electrons. The van der Waals surface area contributed by atoms with E-state index in [1.54, 1.807) is 0 Å². The van der Waals surface area contributed by atoms with Gasteiger partial charge in [-0.15, -0.1) is 5.10 Å². The molecule has 2 aliphatic rings. The van der Waals surface area contributed by atoms with Gasteiger partial charge >= 0.3 is 0 Å². The number of hydrogen-bond donors (Lipinski definition) is 0. The summed E-state index contributed by atoms with van der Waals surface area (Å²) in [5.74, 6) is -3.31. The first kappa shape index (κ1) is 14.0. The number of benzene rings is 1. The van der Waals surface area contributed by atoms with Crippen LogP contribution in [0.25, 0.3) is 0 Å². The Bertz CT molecular complexity index is 744. The minimum atomic E-state index is -1.46. The molecule has 3 nitrogen and oxygen atoms in total. The van der Waals surface area contributed by atoms with Crippen LogP contribution in [0.3, 0.4) is 0 Å². The molecule has 1 saturated carbocycles. The molecular formula is C14H11F4N3S. The zero-order valence-electron chi connectivity index (χ0n) is 11.3. The molecule has 2 atom stereocenters. The van der Waals surface area contributed by atoms with Gasteiger partial charge in [0.1, 0.15) is 5.82 Å². The Kier molecular flexibility index (Phi) is 3.18. The van der Waals surface area contributed by atoms with E-state index < -0.39 is 35.2 Å². The Hall–Kier alpha value is -1.57. The molecule has 4 rings (SSSR count). The van der Waals surface area contributed by atoms with Crippen LogP contribution in [-0.4, -0.2) is 20.0 Å². The van der Waals surface area contributed by atoms with E-state index in [0.717, 1.165) is 18.9 Å². The molecule has 22 heavy (non-hydrogen) atoms. The minimum absolute atomic E-state index is 0.0520. The van der Waals surface area contributed by atoms with E-state index in [0.29, 0.717) is 16.5 Å². The zero-order chi connectivity index (χ0) is 15.4. The normalized spacial score (nSPS) is 23.8. The van der Waals surface area contributed by atoms with Crippen molar-refractivity contribution in [2.45, 2.75) is 41.9 Å². The number of halogens is 4. The van der Waals surface area contributed by atoms with Crippen molar-refractivity contribution in [3.63, 3.8) is 0 Å². The summed E-state index contributed by atoms with van der Waals surface area (Å²) in [5.41, 5.74) is -0.491. The standard InChI is InChI=1S/C14H11F4N3S/c15-7-3-4-8(16)12(18)11(7)10-5-9(17)13-19-14(20-21(10)13)22-6-1-2-6/h3-4,6,9-10H,1-2,5H2. The first-order valence-corrected chi connectivity index (χ1v) is 7.83. The number of alkyl halides is 1. The quantitative estimate of drug-likeness (QED) is 0.631. The second kappa shape index (κ2) is 4.97. The Morgan fingerprint density at radius 3 is 2.59 bits per heavy atom. The summed E-state index contributed by atoms with van der Waals surface area (Å²) >= 11 is 1.43. The fraction of sp³-hybridized carbons (Fsp3) is 0.429. The average molecular weight is 329 g/mol. The first-order valence-electron chi connectivity index (χ1n) is 6.95. The maximum atomic E-state index is 14.1. The third-order valence-electron chi connectivity index (χ3n) is 3.85. The van der Waals surface area contributed by atoms with Crippen molar-refractivity contribution >= 4 is 11.8 Å². The van der Waals surface area contributed by atoms with E-state index in [1.807, 2.05) is 0 Å². The third-order valence-corrected chi connectivity index (χ3v) is 5.04. The van der Waals surface area contributed by atoms with E-state index in [2.05, 4.69) is 10.1 Å². The van der Waals surface area contributed by atoms with Crippen LogP contribution in [0.4, 0.5) is 17.6 Å². The Balaban J connectivity index is 1.76. The van der Waals surface area contributed by atoms with Crippen LogP contribution in [0.2, 0.25) is 0 Å². The summed E-state index contributed by atoms with van der Waals surface area (Å²) in [4.78, 5) is 4.11. The summed E-state index contributed by atoms with van der Waals surface area (Å²) < 4.78 is 56.6. The van der Waals surface area contributed by atoms with Crippen molar-refractivity contribution in [3.8, 4) is 0 Å². The topological polar surface area (TPSA) is 30.7 Å². The fourth-order valence-electron chi connectivity index (χ4n) is 2.63. The number of hydrogen-bond acceptors (Lipinski definition) is 3. The number of thioether (sulfide) groups is 1. The molecule has 0 N–H and O–H groups in total. The summed E-state index contributed by atoms with van der Waals surface area (Å²) in [5, 5.41) is 5.00. The predicted octanol–water partition coefficient (Wildman–Crippen LogP) is 3.95. The number of aromatic nitrogens is 3. The van der Waals surface area contributed by atoms with Crippen LogP contribution < -0.4 is 0 Å². The Morgan fingerprint density at radius 1 is 1.14 bits per heavy atom. The lowest BCUT2D eigenvalue weighted by atomic mass is 10.0. The molecule has 0 spiro atoms. The highest BCUT2D eigenvalue weighted by Gasteiger charge is 2.39. The monoisotopic (exact) mass is 329 g/mol. The predicted molar refractivity (Wildman–Crippen MR) is 71.8 cm³/mol. The number of rotatable bonds is 3. The van der Waals surface area contributed by atoms with Gasteiger partial charge < -0.3 is 0 Å². The lowest BCUT2D eigenvalue weighted by molar-refractivity contribution is 0.322. The van der Waals surface area contributed by atoms with Gasteiger partial charge in [-0.2, -0.15) is 0 Å². The van der Waals surface area contributed by atoms with Gasteiger partial charge in [-0.05, 0) is 25.0 Å². The zero-order valence-corrected chi connectivity index (χ0v) is 12.1. The lowest BCUT2D eigenvalue weighted by Gasteiger charge is -2.14. The maximum absolute atomic E-state index is 14.1. The molecule has 116 valence electrons. The highest BCUT2D eigenvalue weighted by Crippen LogP contribution is 2.44. The van der Waals surface area contributed by atoms with Gasteiger partial charge in [0, 0.05) is 11.7 Å². The molecule has 8 heteroatoms. The van der Waals surface area contributed by atoms with Gasteiger partial charge in [-0.25, -0.2) is 27.2 Å². The molecule has 2 heterocycles. The molecule has 0 amide bonds. The van der Waals surface area contributed by atoms with Crippen molar-refractivity contribution < 1.29 is 17.6 Å². The number of fused-ring (bicyclic) bond motifs is 1. The molecule has 0 bridgehead atoms. The Morgan fingerprint density at radius 2 is 1.86 bits per heavy atom. The fourth-order valence-corrected chi connectivity index (χ4v) is 3.58. The van der Waals surface area contributed by atoms with Crippen LogP contribution >= 0.6 is 11.8 Å². The summed E-state index contributed by atoms with van der Waals surface area (Å²) in [7, 11) is 0. The van der Waals surface area contributed by atoms with Crippen LogP contribution in [0.5, 0.6) is 0 Å². The number of nitrogens with zero attached hydrogens (tertiary/aromatic N) is 3. The van der Waals surface area contributed by atoms with Crippen LogP contribution in [0.15, 0.2) is 17.3 Å². The molecule has 1 aliphatic carbocycles. The van der Waals surface area contributed by atoms with Crippen molar-refractivity contribution in [2.24, 2.45) is 0 Å². The summed E-state index contributed by atoms with van der Waals surface area (Å²) in [6.07, 6.45) is 0.461. The molecule has 1 fully saturated rings. The molecule has 2 unspecified atom stereocenters. The van der Waals surface area contributed by atoms with E-state index in [9.17, 15) is 17.6 Å². The maximum Gasteiger partial charge on any atom is 0.209 e. The van der Waals surface area contributed by atoms with Crippen molar-refractivity contribution in [1.29, 1.82) is 0 Å². The van der Waals surface area contributed by atoms with E-state index >= 15 is 0 Å². The van der Waals surface area contributed by atoms with E-state index in [4.69, 9.17) is 0 Å². The lowest BCUT2D eigenvalue weighted by Crippen LogP contribution is -2.13. The molecule has 1 aromatic carbocycles. The van der Waals surface area contributed by atoms with Crippen molar-refractivity contribution in [3.05, 3.63) is 41.0 Å². The van der Waals surface area contributed by atoms with Gasteiger partial charge in [-0.3, -0.25) is 0 Å². The Labute approximate surface area is 127 Å². The third kappa shape index (κ3) is 2.20. The second-order valence-electron chi connectivity index (χ2n) is 5.49. The minimum Gasteiger partial charge on any atom is -0.239 e. The second-order valence-corrected chi connectivity index (χ2v) is 6.76. The van der Waals surface area contributed by atoms with Crippen molar-refractivity contribution in [2.75, 3.05) is 0 Å². The van der Waals surface area contributed by atoms with Crippen LogP contribution in [0.1, 0.15) is 42.9 Å². The summed E-state index contributed by atoms with van der Waals surface area (Å²) in [6.45, 7) is 0. The van der Waals surface area contributed by atoms with Gasteiger partial charge in [0.05, 0.1) is 11.6 Å². The van der Waals surface area contributed by atoms with E-state index in [1.165, 1.54) is 16.4 Å². The summed E-state index contributed by atoms with van der Waals surface area (Å²) in [6, 6.07) is 0.546. The molecule has 1 aliphatic heterocycles. The van der Waals surface area contributed by atoms with Crippen LogP contribution in [0, 0.1) is 17.5 Å². The van der Waals surface area contributed by atoms with Gasteiger partial charge in [0.2, 0.25) is 5.16 Å². The molecule has 1 aromatic heterocycles. The molecule has 2 aromatic rings. The molecular weight excluding hydrogens is 318 g/mol. The highest BCUT2D eigenvalue weighted by atomic mass is 32.2. The van der Waals surface area contributed by atoms with E-state index in [-0.39, 0.29) is 12.2 Å². The van der Waals surface area contributed by atoms with Crippen molar-refractivity contribution in [1.82, 2.24) is 14.8 Å². The van der Waals surface area contributed by atoms with Crippen LogP contribution in [-0.2, 0) is 0 Å². The average Bonchev–Trinajstić information content (AvgIpc) is 3.11. The van der Waals surface area contributed by atoms with Gasteiger partial charge in [-0.1, -0.05) is 11.8 Å². The first-order chi connectivity index (χ1) is 10.5. The van der Waals surface area contributed by atoms with Gasteiger partial charge in [0.15, 0.2) is 23.6 Å².